The van der Waals surface area contributed by atoms with E-state index in [1.54, 1.807) is 11.8 Å². The average Bonchev–Trinajstić information content (AvgIpc) is 2.60. The fraction of sp³-hybridized carbons (Fsp3) is 0.714. The molecular formula is C21H32ClNO3S2. The Morgan fingerprint density at radius 3 is 2.64 bits per heavy atom. The van der Waals surface area contributed by atoms with E-state index in [2.05, 4.69) is 32.7 Å². The zero-order chi connectivity index (χ0) is 20.8. The van der Waals surface area contributed by atoms with Gasteiger partial charge in [-0.1, -0.05) is 57.1 Å². The number of hydrogen-bond donors (Lipinski definition) is 0. The minimum Gasteiger partial charge on any atom is -0.479 e. The smallest absolute Gasteiger partial charge is 0.220 e. The highest BCUT2D eigenvalue weighted by Gasteiger charge is 2.39. The van der Waals surface area contributed by atoms with Gasteiger partial charge in [0.2, 0.25) is 4.38 Å². The molecule has 28 heavy (non-hydrogen) atoms. The molecule has 158 valence electrons. The van der Waals surface area contributed by atoms with E-state index in [9.17, 15) is 0 Å². The van der Waals surface area contributed by atoms with Crippen LogP contribution in [0.5, 0.6) is 0 Å². The Morgan fingerprint density at radius 2 is 2.07 bits per heavy atom. The molecule has 1 unspecified atom stereocenters. The van der Waals surface area contributed by atoms with Crippen LogP contribution in [-0.4, -0.2) is 40.7 Å². The Morgan fingerprint density at radius 1 is 1.39 bits per heavy atom. The van der Waals surface area contributed by atoms with Crippen molar-refractivity contribution in [1.82, 2.24) is 4.98 Å². The van der Waals surface area contributed by atoms with Gasteiger partial charge < -0.3 is 14.2 Å². The Bertz CT molecular complexity index is 627. The molecule has 0 radical (unpaired) electrons. The van der Waals surface area contributed by atoms with Gasteiger partial charge in [-0.25, -0.2) is 4.98 Å². The highest BCUT2D eigenvalue weighted by molar-refractivity contribution is 8.23. The molecule has 0 saturated carbocycles. The largest absolute Gasteiger partial charge is 0.479 e. The third-order valence-corrected chi connectivity index (χ3v) is 6.39. The third kappa shape index (κ3) is 7.79. The molecule has 2 heterocycles. The predicted molar refractivity (Wildman–Crippen MR) is 121 cm³/mol. The SMILES string of the molecule is CCOC(=S)SC(CCc1ccc(Cl)nc1)CC(C)(C)C1OCC(C)(C)CO1. The number of thiocarbonyl (C=S) groups is 1. The van der Waals surface area contributed by atoms with Crippen LogP contribution in [0.1, 0.15) is 53.0 Å². The standard InChI is InChI=1S/C21H32ClNO3S2/c1-6-24-19(27)28-16(9-7-15-8-10-17(22)23-12-15)11-21(4,5)18-25-13-20(2,3)14-26-18/h8,10,12,16,18H,6-7,9,11,13-14H2,1-5H3. The molecule has 4 nitrogen and oxygen atoms in total. The van der Waals surface area contributed by atoms with Crippen molar-refractivity contribution in [1.29, 1.82) is 0 Å². The van der Waals surface area contributed by atoms with Crippen LogP contribution in [0, 0.1) is 10.8 Å². The van der Waals surface area contributed by atoms with Gasteiger partial charge in [0.1, 0.15) is 5.15 Å². The molecule has 0 bridgehead atoms. The maximum Gasteiger partial charge on any atom is 0.220 e. The summed E-state index contributed by atoms with van der Waals surface area (Å²) in [7, 11) is 0. The van der Waals surface area contributed by atoms with Crippen molar-refractivity contribution in [2.24, 2.45) is 10.8 Å². The van der Waals surface area contributed by atoms with Crippen molar-refractivity contribution >= 4 is 40.0 Å². The summed E-state index contributed by atoms with van der Waals surface area (Å²) in [5, 5.41) is 0.815. The van der Waals surface area contributed by atoms with E-state index in [0.717, 1.165) is 19.3 Å². The lowest BCUT2D eigenvalue weighted by molar-refractivity contribution is -0.263. The van der Waals surface area contributed by atoms with Crippen molar-refractivity contribution in [2.75, 3.05) is 19.8 Å². The zero-order valence-corrected chi connectivity index (χ0v) is 19.9. The summed E-state index contributed by atoms with van der Waals surface area (Å²) in [4.78, 5) is 4.18. The van der Waals surface area contributed by atoms with Gasteiger partial charge in [-0.15, -0.1) is 0 Å². The maximum atomic E-state index is 6.07. The normalized spacial score (nSPS) is 18.6. The summed E-state index contributed by atoms with van der Waals surface area (Å²) >= 11 is 12.9. The van der Waals surface area contributed by atoms with Crippen LogP contribution in [0.15, 0.2) is 18.3 Å². The average molecular weight is 446 g/mol. The predicted octanol–water partition coefficient (Wildman–Crippen LogP) is 5.91. The van der Waals surface area contributed by atoms with Crippen LogP contribution in [0.2, 0.25) is 5.15 Å². The van der Waals surface area contributed by atoms with Crippen molar-refractivity contribution in [2.45, 2.75) is 65.4 Å². The molecule has 7 heteroatoms. The first-order valence-corrected chi connectivity index (χ1v) is 11.4. The molecule has 1 aromatic heterocycles. The van der Waals surface area contributed by atoms with E-state index < -0.39 is 0 Å². The molecule has 1 saturated heterocycles. The number of nitrogens with zero attached hydrogens (tertiary/aromatic N) is 1. The lowest BCUT2D eigenvalue weighted by Gasteiger charge is -2.43. The highest BCUT2D eigenvalue weighted by atomic mass is 35.5. The molecule has 0 amide bonds. The van der Waals surface area contributed by atoms with Gasteiger partial charge >= 0.3 is 0 Å². The van der Waals surface area contributed by atoms with Crippen molar-refractivity contribution < 1.29 is 14.2 Å². The molecule has 1 aliphatic rings. The highest BCUT2D eigenvalue weighted by Crippen LogP contribution is 2.39. The lowest BCUT2D eigenvalue weighted by atomic mass is 9.84. The number of pyridine rings is 1. The van der Waals surface area contributed by atoms with Gasteiger partial charge in [-0.3, -0.25) is 0 Å². The molecule has 1 atom stereocenters. The van der Waals surface area contributed by atoms with Crippen LogP contribution in [0.25, 0.3) is 0 Å². The molecule has 0 spiro atoms. The van der Waals surface area contributed by atoms with Crippen molar-refractivity contribution in [3.05, 3.63) is 29.0 Å². The summed E-state index contributed by atoms with van der Waals surface area (Å²) in [6.07, 6.45) is 4.42. The number of ether oxygens (including phenoxy) is 3. The van der Waals surface area contributed by atoms with Crippen LogP contribution in [-0.2, 0) is 20.6 Å². The Kier molecular flexibility index (Phi) is 9.02. The zero-order valence-electron chi connectivity index (χ0n) is 17.5. The molecule has 1 aliphatic heterocycles. The molecular weight excluding hydrogens is 414 g/mol. The van der Waals surface area contributed by atoms with Crippen LogP contribution in [0.3, 0.4) is 0 Å². The van der Waals surface area contributed by atoms with Crippen molar-refractivity contribution in [3.63, 3.8) is 0 Å². The van der Waals surface area contributed by atoms with Gasteiger partial charge in [-0.05, 0) is 50.0 Å². The molecule has 1 fully saturated rings. The molecule has 0 aliphatic carbocycles. The quantitative estimate of drug-likeness (QED) is 0.366. The van der Waals surface area contributed by atoms with Crippen molar-refractivity contribution in [3.8, 4) is 0 Å². The minimum atomic E-state index is -0.207. The van der Waals surface area contributed by atoms with E-state index >= 15 is 0 Å². The number of rotatable bonds is 8. The summed E-state index contributed by atoms with van der Waals surface area (Å²) in [5.74, 6) is 0. The van der Waals surface area contributed by atoms with E-state index in [0.29, 0.717) is 34.6 Å². The summed E-state index contributed by atoms with van der Waals surface area (Å²) in [6.45, 7) is 12.7. The fourth-order valence-electron chi connectivity index (χ4n) is 3.20. The van der Waals surface area contributed by atoms with Gasteiger partial charge in [-0.2, -0.15) is 0 Å². The summed E-state index contributed by atoms with van der Waals surface area (Å²) < 4.78 is 18.3. The van der Waals surface area contributed by atoms with Crippen LogP contribution >= 0.6 is 35.6 Å². The molecule has 0 aromatic carbocycles. The maximum absolute atomic E-state index is 6.07. The second-order valence-electron chi connectivity index (χ2n) is 8.76. The van der Waals surface area contributed by atoms with Gasteiger partial charge in [0.25, 0.3) is 0 Å². The number of hydrogen-bond acceptors (Lipinski definition) is 6. The van der Waals surface area contributed by atoms with Gasteiger partial charge in [0, 0.05) is 22.3 Å². The van der Waals surface area contributed by atoms with E-state index in [1.807, 2.05) is 25.3 Å². The number of aryl methyl sites for hydroxylation is 1. The van der Waals surface area contributed by atoms with E-state index in [1.165, 1.54) is 5.56 Å². The third-order valence-electron chi connectivity index (χ3n) is 4.71. The fourth-order valence-corrected chi connectivity index (χ4v) is 5.04. The van der Waals surface area contributed by atoms with Gasteiger partial charge in [0.05, 0.1) is 19.8 Å². The van der Waals surface area contributed by atoms with E-state index in [4.69, 9.17) is 38.0 Å². The van der Waals surface area contributed by atoms with Crippen LogP contribution < -0.4 is 0 Å². The minimum absolute atomic E-state index is 0.0683. The summed E-state index contributed by atoms with van der Waals surface area (Å²) in [6, 6.07) is 3.86. The molecule has 1 aromatic rings. The summed E-state index contributed by atoms with van der Waals surface area (Å²) in [5.41, 5.74) is 1.11. The number of aromatic nitrogens is 1. The Balaban J connectivity index is 2.00. The second kappa shape index (κ2) is 10.6. The van der Waals surface area contributed by atoms with E-state index in [-0.39, 0.29) is 17.1 Å². The monoisotopic (exact) mass is 445 g/mol. The Labute approximate surface area is 184 Å². The topological polar surface area (TPSA) is 40.6 Å². The number of thioether (sulfide) groups is 1. The molecule has 0 N–H and O–H groups in total. The van der Waals surface area contributed by atoms with Gasteiger partial charge in [0.15, 0.2) is 6.29 Å². The van der Waals surface area contributed by atoms with Crippen LogP contribution in [0.4, 0.5) is 0 Å². The second-order valence-corrected chi connectivity index (χ2v) is 11.1. The first-order valence-electron chi connectivity index (χ1n) is 9.78. The lowest BCUT2D eigenvalue weighted by Crippen LogP contribution is -2.45. The first-order chi connectivity index (χ1) is 13.1. The number of halogens is 1. The Hall–Kier alpha value is -0.400. The first kappa shape index (κ1) is 23.9. The molecule has 2 rings (SSSR count).